The molecule has 0 aromatic carbocycles. The number of nitrogens with one attached hydrogen (secondary N) is 1. The summed E-state index contributed by atoms with van der Waals surface area (Å²) in [5.74, 6) is 5.87. The number of hydrogen-bond acceptors (Lipinski definition) is 5. The number of halogens is 1. The topological polar surface area (TPSA) is 64.1 Å². The summed E-state index contributed by atoms with van der Waals surface area (Å²) in [6.45, 7) is 3.27. The number of aryl methyl sites for hydroxylation is 1. The van der Waals surface area contributed by atoms with Crippen LogP contribution in [0.3, 0.4) is 0 Å². The molecule has 0 aliphatic carbocycles. The molecule has 0 saturated carbocycles. The van der Waals surface area contributed by atoms with Gasteiger partial charge in [0.2, 0.25) is 5.95 Å². The van der Waals surface area contributed by atoms with E-state index in [0.717, 1.165) is 25.9 Å². The van der Waals surface area contributed by atoms with E-state index in [1.807, 2.05) is 11.6 Å². The van der Waals surface area contributed by atoms with Crippen molar-refractivity contribution >= 4 is 11.5 Å². The van der Waals surface area contributed by atoms with Crippen LogP contribution in [-0.2, 0) is 0 Å². The molecule has 6 heteroatoms. The highest BCUT2D eigenvalue weighted by Gasteiger charge is 2.16. The lowest BCUT2D eigenvalue weighted by atomic mass is 10.0. The van der Waals surface area contributed by atoms with Crippen molar-refractivity contribution in [2.24, 2.45) is 0 Å². The molecule has 2 aromatic heterocycles. The van der Waals surface area contributed by atoms with Crippen molar-refractivity contribution in [3.05, 3.63) is 64.5 Å². The molecule has 0 radical (unpaired) electrons. The summed E-state index contributed by atoms with van der Waals surface area (Å²) >= 11 is 0. The highest BCUT2D eigenvalue weighted by Crippen LogP contribution is 2.26. The lowest BCUT2D eigenvalue weighted by Gasteiger charge is -2.31. The molecule has 1 saturated heterocycles. The van der Waals surface area contributed by atoms with E-state index in [2.05, 4.69) is 26.7 Å². The highest BCUT2D eigenvalue weighted by atomic mass is 19.1. The minimum Gasteiger partial charge on any atom is -0.761 e. The molecule has 25 heavy (non-hydrogen) atoms. The average molecular weight is 337 g/mol. The maximum atomic E-state index is 13.6. The van der Waals surface area contributed by atoms with Crippen LogP contribution in [0.25, 0.3) is 0 Å². The van der Waals surface area contributed by atoms with E-state index in [0.29, 0.717) is 22.8 Å². The van der Waals surface area contributed by atoms with Crippen molar-refractivity contribution in [1.82, 2.24) is 9.97 Å². The quantitative estimate of drug-likeness (QED) is 0.517. The number of anilines is 2. The molecule has 0 atom stereocenters. The van der Waals surface area contributed by atoms with Crippen molar-refractivity contribution in [3.63, 3.8) is 0 Å². The van der Waals surface area contributed by atoms with Crippen LogP contribution < -0.4 is 10.4 Å². The van der Waals surface area contributed by atoms with Crippen molar-refractivity contribution in [2.75, 3.05) is 23.5 Å². The normalized spacial score (nSPS) is 13.9. The minimum absolute atomic E-state index is 0.305. The fourth-order valence-electron chi connectivity index (χ4n) is 2.71. The second-order valence-electron chi connectivity index (χ2n) is 5.83. The van der Waals surface area contributed by atoms with Gasteiger partial charge in [0.05, 0.1) is 11.3 Å². The lowest BCUT2D eigenvalue weighted by molar-refractivity contribution is 0.576. The monoisotopic (exact) mass is 337 g/mol. The van der Waals surface area contributed by atoms with E-state index in [-0.39, 0.29) is 0 Å². The molecule has 3 heterocycles. The third-order valence-electron chi connectivity index (χ3n) is 4.07. The van der Waals surface area contributed by atoms with Crippen LogP contribution in [0.4, 0.5) is 15.9 Å². The Bertz CT molecular complexity index is 844. The van der Waals surface area contributed by atoms with E-state index < -0.39 is 5.95 Å². The molecule has 1 aliphatic rings. The molecule has 2 aromatic rings. The number of aromatic nitrogens is 2. The first-order valence-electron chi connectivity index (χ1n) is 8.08. The predicted molar refractivity (Wildman–Crippen MR) is 96.6 cm³/mol. The van der Waals surface area contributed by atoms with Gasteiger partial charge in [-0.3, -0.25) is 0 Å². The smallest absolute Gasteiger partial charge is 0.228 e. The first-order chi connectivity index (χ1) is 12.2. The van der Waals surface area contributed by atoms with E-state index in [9.17, 15) is 9.60 Å². The highest BCUT2D eigenvalue weighted by molar-refractivity contribution is 5.66. The van der Waals surface area contributed by atoms with Crippen molar-refractivity contribution in [1.29, 1.82) is 0 Å². The largest absolute Gasteiger partial charge is 0.761 e. The second kappa shape index (κ2) is 7.77. The summed E-state index contributed by atoms with van der Waals surface area (Å²) in [7, 11) is 0. The third kappa shape index (κ3) is 4.14. The average Bonchev–Trinajstić information content (AvgIpc) is 2.64. The van der Waals surface area contributed by atoms with E-state index in [1.54, 1.807) is 37.4 Å². The van der Waals surface area contributed by atoms with Gasteiger partial charge in [-0.1, -0.05) is 17.4 Å². The molecular weight excluding hydrogens is 319 g/mol. The Balaban J connectivity index is 1.64. The molecule has 0 spiro atoms. The summed E-state index contributed by atoms with van der Waals surface area (Å²) in [6, 6.07) is 6.83. The Labute approximate surface area is 146 Å². The van der Waals surface area contributed by atoms with Crippen LogP contribution >= 0.6 is 0 Å². The summed E-state index contributed by atoms with van der Waals surface area (Å²) in [6.07, 6.45) is 5.19. The fraction of sp³-hybridized carbons (Fsp3) is 0.263. The first kappa shape index (κ1) is 16.9. The molecular formula is C19H18FN4O-. The van der Waals surface area contributed by atoms with Crippen LogP contribution in [0, 0.1) is 29.9 Å². The van der Waals surface area contributed by atoms with Crippen molar-refractivity contribution in [2.45, 2.75) is 19.8 Å². The second-order valence-corrected chi connectivity index (χ2v) is 5.83. The van der Waals surface area contributed by atoms with Gasteiger partial charge < -0.3 is 15.6 Å². The number of nitrogens with zero attached hydrogens (tertiary/aromatic N) is 3. The molecule has 1 aliphatic heterocycles. The first-order valence-corrected chi connectivity index (χ1v) is 8.08. The molecule has 3 rings (SSSR count). The minimum atomic E-state index is -0.534. The van der Waals surface area contributed by atoms with Crippen LogP contribution in [0.1, 0.15) is 24.1 Å². The summed E-state index contributed by atoms with van der Waals surface area (Å²) in [5, 5.41) is 11.0. The Hall–Kier alpha value is -2.91. The van der Waals surface area contributed by atoms with Gasteiger partial charge in [-0.15, -0.1) is 0 Å². The van der Waals surface area contributed by atoms with Gasteiger partial charge in [0.1, 0.15) is 0 Å². The van der Waals surface area contributed by atoms with Crippen LogP contribution in [0.15, 0.2) is 42.1 Å². The SMILES string of the molecule is Cc1ccc(C#CC=C2CCN(c3ncccc3N[O-])CC2)c(F)n1. The van der Waals surface area contributed by atoms with Crippen molar-refractivity contribution in [3.8, 4) is 11.8 Å². The van der Waals surface area contributed by atoms with Crippen LogP contribution in [0.5, 0.6) is 0 Å². The number of hydrogen-bond donors (Lipinski definition) is 1. The maximum absolute atomic E-state index is 13.6. The number of allylic oxidation sites excluding steroid dienone is 1. The van der Waals surface area contributed by atoms with Gasteiger partial charge in [-0.25, -0.2) is 9.97 Å². The van der Waals surface area contributed by atoms with Gasteiger partial charge >= 0.3 is 0 Å². The Morgan fingerprint density at radius 2 is 2.08 bits per heavy atom. The zero-order valence-corrected chi connectivity index (χ0v) is 13.9. The molecule has 1 fully saturated rings. The molecule has 1 N–H and O–H groups in total. The number of rotatable bonds is 2. The predicted octanol–water partition coefficient (Wildman–Crippen LogP) is 3.41. The van der Waals surface area contributed by atoms with Crippen LogP contribution in [-0.4, -0.2) is 23.1 Å². The summed E-state index contributed by atoms with van der Waals surface area (Å²) < 4.78 is 13.6. The fourth-order valence-corrected chi connectivity index (χ4v) is 2.71. The van der Waals surface area contributed by atoms with E-state index in [4.69, 9.17) is 0 Å². The Kier molecular flexibility index (Phi) is 5.26. The molecule has 128 valence electrons. The Morgan fingerprint density at radius 3 is 2.80 bits per heavy atom. The maximum Gasteiger partial charge on any atom is 0.228 e. The lowest BCUT2D eigenvalue weighted by Crippen LogP contribution is -2.31. The van der Waals surface area contributed by atoms with Crippen LogP contribution in [0.2, 0.25) is 0 Å². The third-order valence-corrected chi connectivity index (χ3v) is 4.07. The molecule has 5 nitrogen and oxygen atoms in total. The van der Waals surface area contributed by atoms with Gasteiger partial charge in [0.15, 0.2) is 5.82 Å². The van der Waals surface area contributed by atoms with E-state index >= 15 is 0 Å². The summed E-state index contributed by atoms with van der Waals surface area (Å²) in [4.78, 5) is 10.1. The molecule has 0 amide bonds. The molecule has 0 unspecified atom stereocenters. The van der Waals surface area contributed by atoms with E-state index in [1.165, 1.54) is 5.57 Å². The standard InChI is InChI=1S/C19H18FN4O/c1-14-7-8-16(18(20)22-14)5-2-4-15-9-12-24(13-10-15)19-17(23-25)6-3-11-21-19/h3-4,6-8,11,23H,9-10,12-13H2,1H3/q-1. The van der Waals surface area contributed by atoms with Crippen molar-refractivity contribution < 1.29 is 4.39 Å². The zero-order chi connectivity index (χ0) is 17.6. The Morgan fingerprint density at radius 1 is 1.28 bits per heavy atom. The van der Waals surface area contributed by atoms with Gasteiger partial charge in [-0.05, 0) is 50.1 Å². The summed E-state index contributed by atoms with van der Waals surface area (Å²) in [5.41, 5.74) is 4.56. The molecule has 0 bridgehead atoms. The number of pyridine rings is 2. The van der Waals surface area contributed by atoms with Gasteiger partial charge in [0, 0.05) is 25.0 Å². The van der Waals surface area contributed by atoms with Gasteiger partial charge in [0.25, 0.3) is 0 Å². The van der Waals surface area contributed by atoms with Gasteiger partial charge in [-0.2, -0.15) is 4.39 Å². The zero-order valence-electron chi connectivity index (χ0n) is 13.9. The number of piperidine rings is 1.